The Balaban J connectivity index is 0. The van der Waals surface area contributed by atoms with E-state index in [1.54, 1.807) is 6.07 Å². The van der Waals surface area contributed by atoms with Crippen molar-refractivity contribution in [1.82, 2.24) is 0 Å². The van der Waals surface area contributed by atoms with E-state index in [4.69, 9.17) is 0 Å². The number of carbonyl (C=O) groups is 1. The van der Waals surface area contributed by atoms with Crippen LogP contribution in [0.2, 0.25) is 0 Å². The lowest BCUT2D eigenvalue weighted by molar-refractivity contribution is -0.115. The van der Waals surface area contributed by atoms with Crippen molar-refractivity contribution in [2.45, 2.75) is 79.6 Å². The zero-order valence-electron chi connectivity index (χ0n) is 16.0. The van der Waals surface area contributed by atoms with Crippen molar-refractivity contribution >= 4 is 5.91 Å². The SMILES string of the molecule is CC(N)=O.CCCCC(C)CCCC.CCc1ccc(F)c(F)c1. The molecule has 4 heteroatoms. The van der Waals surface area contributed by atoms with E-state index in [-0.39, 0.29) is 5.91 Å². The molecule has 0 saturated carbocycles. The fourth-order valence-electron chi connectivity index (χ4n) is 2.01. The van der Waals surface area contributed by atoms with Gasteiger partial charge in [-0.1, -0.05) is 72.3 Å². The van der Waals surface area contributed by atoms with Gasteiger partial charge in [0.2, 0.25) is 5.91 Å². The number of nitrogens with two attached hydrogens (primary N) is 1. The summed E-state index contributed by atoms with van der Waals surface area (Å²) < 4.78 is 24.7. The van der Waals surface area contributed by atoms with Crippen molar-refractivity contribution in [2.24, 2.45) is 11.7 Å². The fourth-order valence-corrected chi connectivity index (χ4v) is 2.01. The molecule has 0 spiro atoms. The number of amides is 1. The number of hydrogen-bond donors (Lipinski definition) is 1. The highest BCUT2D eigenvalue weighted by atomic mass is 19.2. The van der Waals surface area contributed by atoms with Crippen LogP contribution in [0.15, 0.2) is 18.2 Å². The maximum absolute atomic E-state index is 12.4. The Labute approximate surface area is 146 Å². The molecule has 0 radical (unpaired) electrons. The van der Waals surface area contributed by atoms with E-state index < -0.39 is 11.6 Å². The topological polar surface area (TPSA) is 43.1 Å². The van der Waals surface area contributed by atoms with Gasteiger partial charge in [0.15, 0.2) is 11.6 Å². The summed E-state index contributed by atoms with van der Waals surface area (Å²) in [6.07, 6.45) is 9.17. The standard InChI is InChI=1S/C10H22.C8H8F2.C2H5NO/c1-4-6-8-10(3)9-7-5-2;1-2-6-3-4-7(9)8(10)5-6;1-2(3)4/h10H,4-9H2,1-3H3;3-5H,2H2,1H3;1H3,(H2,3,4). The number of hydrogen-bond acceptors (Lipinski definition) is 1. The van der Waals surface area contributed by atoms with Gasteiger partial charge >= 0.3 is 0 Å². The van der Waals surface area contributed by atoms with Crippen LogP contribution in [0.25, 0.3) is 0 Å². The van der Waals surface area contributed by atoms with Crippen LogP contribution in [0.1, 0.15) is 78.7 Å². The van der Waals surface area contributed by atoms with Gasteiger partial charge in [-0.15, -0.1) is 0 Å². The van der Waals surface area contributed by atoms with E-state index in [9.17, 15) is 13.6 Å². The van der Waals surface area contributed by atoms with Gasteiger partial charge in [0.1, 0.15) is 0 Å². The summed E-state index contributed by atoms with van der Waals surface area (Å²) >= 11 is 0. The number of aryl methyl sites for hydroxylation is 1. The first-order valence-electron chi connectivity index (χ1n) is 8.98. The highest BCUT2D eigenvalue weighted by Crippen LogP contribution is 2.14. The van der Waals surface area contributed by atoms with E-state index in [0.29, 0.717) is 0 Å². The number of primary amides is 1. The minimum absolute atomic E-state index is 0.333. The number of benzene rings is 1. The lowest BCUT2D eigenvalue weighted by atomic mass is 9.98. The maximum Gasteiger partial charge on any atom is 0.214 e. The smallest absolute Gasteiger partial charge is 0.214 e. The van der Waals surface area contributed by atoms with Crippen LogP contribution in [-0.4, -0.2) is 5.91 Å². The summed E-state index contributed by atoms with van der Waals surface area (Å²) in [6.45, 7) is 10.1. The monoisotopic (exact) mass is 343 g/mol. The van der Waals surface area contributed by atoms with Crippen molar-refractivity contribution in [3.05, 3.63) is 35.4 Å². The Morgan fingerprint density at radius 1 is 1.04 bits per heavy atom. The summed E-state index contributed by atoms with van der Waals surface area (Å²) in [6, 6.07) is 3.95. The summed E-state index contributed by atoms with van der Waals surface area (Å²) in [5, 5.41) is 0. The van der Waals surface area contributed by atoms with Gasteiger partial charge in [0.05, 0.1) is 0 Å². The Kier molecular flexibility index (Phi) is 17.0. The highest BCUT2D eigenvalue weighted by Gasteiger charge is 2.00. The minimum Gasteiger partial charge on any atom is -0.370 e. The molecule has 0 aromatic heterocycles. The molecule has 1 aromatic rings. The number of rotatable bonds is 7. The van der Waals surface area contributed by atoms with Gasteiger partial charge in [-0.2, -0.15) is 0 Å². The summed E-state index contributed by atoms with van der Waals surface area (Å²) in [4.78, 5) is 9.22. The first-order chi connectivity index (χ1) is 11.3. The van der Waals surface area contributed by atoms with Gasteiger partial charge in [-0.05, 0) is 30.0 Å². The van der Waals surface area contributed by atoms with Gasteiger partial charge in [-0.3, -0.25) is 4.79 Å². The third-order valence-corrected chi connectivity index (χ3v) is 3.49. The molecule has 0 heterocycles. The highest BCUT2D eigenvalue weighted by molar-refractivity contribution is 5.70. The van der Waals surface area contributed by atoms with Gasteiger partial charge in [0.25, 0.3) is 0 Å². The third kappa shape index (κ3) is 16.9. The average Bonchev–Trinajstić information content (AvgIpc) is 2.53. The molecule has 0 aliphatic carbocycles. The molecule has 1 amide bonds. The summed E-state index contributed by atoms with van der Waals surface area (Å²) in [5.74, 6) is -0.906. The Morgan fingerprint density at radius 2 is 1.50 bits per heavy atom. The maximum atomic E-state index is 12.4. The van der Waals surface area contributed by atoms with Crippen molar-refractivity contribution in [3.8, 4) is 0 Å². The van der Waals surface area contributed by atoms with E-state index in [1.165, 1.54) is 51.5 Å². The second-order valence-electron chi connectivity index (χ2n) is 6.10. The van der Waals surface area contributed by atoms with E-state index in [0.717, 1.165) is 24.0 Å². The summed E-state index contributed by atoms with van der Waals surface area (Å²) in [5.41, 5.74) is 5.29. The molecule has 0 bridgehead atoms. The third-order valence-electron chi connectivity index (χ3n) is 3.49. The van der Waals surface area contributed by atoms with Crippen molar-refractivity contribution < 1.29 is 13.6 Å². The van der Waals surface area contributed by atoms with Crippen molar-refractivity contribution in [2.75, 3.05) is 0 Å². The zero-order chi connectivity index (χ0) is 19.0. The molecule has 0 unspecified atom stereocenters. The van der Waals surface area contributed by atoms with Crippen molar-refractivity contribution in [1.29, 1.82) is 0 Å². The summed E-state index contributed by atoms with van der Waals surface area (Å²) in [7, 11) is 0. The minimum atomic E-state index is -0.780. The van der Waals surface area contributed by atoms with E-state index in [1.807, 2.05) is 6.92 Å². The van der Waals surface area contributed by atoms with Gasteiger partial charge in [-0.25, -0.2) is 8.78 Å². The first kappa shape index (κ1) is 24.8. The first-order valence-corrected chi connectivity index (χ1v) is 8.98. The number of carbonyl (C=O) groups excluding carboxylic acids is 1. The van der Waals surface area contributed by atoms with E-state index in [2.05, 4.69) is 26.5 Å². The van der Waals surface area contributed by atoms with Crippen LogP contribution in [0, 0.1) is 17.6 Å². The molecule has 1 rings (SSSR count). The molecular formula is C20H35F2NO. The molecule has 2 N–H and O–H groups in total. The Morgan fingerprint density at radius 3 is 1.83 bits per heavy atom. The fraction of sp³-hybridized carbons (Fsp3) is 0.650. The molecule has 0 aliphatic rings. The molecule has 2 nitrogen and oxygen atoms in total. The molecule has 24 heavy (non-hydrogen) atoms. The second-order valence-corrected chi connectivity index (χ2v) is 6.10. The Hall–Kier alpha value is -1.45. The number of halogens is 2. The predicted molar refractivity (Wildman–Crippen MR) is 98.8 cm³/mol. The largest absolute Gasteiger partial charge is 0.370 e. The van der Waals surface area contributed by atoms with Crippen molar-refractivity contribution in [3.63, 3.8) is 0 Å². The van der Waals surface area contributed by atoms with Crippen LogP contribution >= 0.6 is 0 Å². The van der Waals surface area contributed by atoms with Crippen LogP contribution in [0.4, 0.5) is 8.78 Å². The van der Waals surface area contributed by atoms with Gasteiger partial charge in [0, 0.05) is 6.92 Å². The predicted octanol–water partition coefficient (Wildman–Crippen LogP) is 6.02. The molecule has 140 valence electrons. The average molecular weight is 344 g/mol. The van der Waals surface area contributed by atoms with Gasteiger partial charge < -0.3 is 5.73 Å². The van der Waals surface area contributed by atoms with Crippen LogP contribution in [0.3, 0.4) is 0 Å². The molecular weight excluding hydrogens is 308 g/mol. The normalized spacial score (nSPS) is 9.67. The lowest BCUT2D eigenvalue weighted by Gasteiger charge is -2.08. The molecule has 0 atom stereocenters. The van der Waals surface area contributed by atoms with Crippen LogP contribution in [0.5, 0.6) is 0 Å². The lowest BCUT2D eigenvalue weighted by Crippen LogP contribution is -2.01. The molecule has 1 aromatic carbocycles. The molecule has 0 fully saturated rings. The number of unbranched alkanes of at least 4 members (excludes halogenated alkanes) is 2. The van der Waals surface area contributed by atoms with Crippen LogP contribution in [-0.2, 0) is 11.2 Å². The quantitative estimate of drug-likeness (QED) is 0.646. The van der Waals surface area contributed by atoms with E-state index >= 15 is 0 Å². The van der Waals surface area contributed by atoms with Crippen LogP contribution < -0.4 is 5.73 Å². The Bertz CT molecular complexity index is 424. The second kappa shape index (κ2) is 16.4. The molecule has 0 aliphatic heterocycles. The molecule has 0 saturated heterocycles. The zero-order valence-corrected chi connectivity index (χ0v) is 16.0.